The first-order valence-electron chi connectivity index (χ1n) is 6.11. The van der Waals surface area contributed by atoms with E-state index in [1.165, 1.54) is 38.6 Å². The van der Waals surface area contributed by atoms with Gasteiger partial charge in [0.15, 0.2) is 0 Å². The van der Waals surface area contributed by atoms with Gasteiger partial charge in [0.1, 0.15) is 0 Å². The van der Waals surface area contributed by atoms with Crippen molar-refractivity contribution in [3.05, 3.63) is 0 Å². The second-order valence-electron chi connectivity index (χ2n) is 4.02. The Morgan fingerprint density at radius 3 is 2.50 bits per heavy atom. The first kappa shape index (κ1) is 14.2. The molecular formula is C12H26ClN. The Morgan fingerprint density at radius 1 is 1.14 bits per heavy atom. The fraction of sp³-hybridized carbons (Fsp3) is 1.00. The molecule has 0 radical (unpaired) electrons. The van der Waals surface area contributed by atoms with Crippen LogP contribution in [0.15, 0.2) is 0 Å². The summed E-state index contributed by atoms with van der Waals surface area (Å²) in [4.78, 5) is 0. The normalized spacial score (nSPS) is 13.1. The highest BCUT2D eigenvalue weighted by Gasteiger charge is 2.04. The standard InChI is InChI=1S/C12H26ClN/c1-3-5-8-12(4-2)11-14-10-7-6-9-13/h12,14H,3-11H2,1-2H3. The molecule has 1 unspecified atom stereocenters. The van der Waals surface area contributed by atoms with E-state index >= 15 is 0 Å². The third-order valence-electron chi connectivity index (χ3n) is 2.71. The van der Waals surface area contributed by atoms with E-state index in [0.29, 0.717) is 0 Å². The number of nitrogens with one attached hydrogen (secondary N) is 1. The van der Waals surface area contributed by atoms with Gasteiger partial charge in [0.25, 0.3) is 0 Å². The molecule has 0 amide bonds. The van der Waals surface area contributed by atoms with Gasteiger partial charge in [-0.25, -0.2) is 0 Å². The van der Waals surface area contributed by atoms with Crippen LogP contribution in [0.25, 0.3) is 0 Å². The van der Waals surface area contributed by atoms with Crippen LogP contribution in [-0.2, 0) is 0 Å². The maximum Gasteiger partial charge on any atom is 0.0223 e. The summed E-state index contributed by atoms with van der Waals surface area (Å²) in [6.07, 6.45) is 7.75. The zero-order chi connectivity index (χ0) is 10.6. The predicted molar refractivity (Wildman–Crippen MR) is 66.1 cm³/mol. The summed E-state index contributed by atoms with van der Waals surface area (Å²) in [6, 6.07) is 0. The lowest BCUT2D eigenvalue weighted by molar-refractivity contribution is 0.418. The van der Waals surface area contributed by atoms with Crippen molar-refractivity contribution in [1.82, 2.24) is 5.32 Å². The van der Waals surface area contributed by atoms with Crippen molar-refractivity contribution in [3.63, 3.8) is 0 Å². The summed E-state index contributed by atoms with van der Waals surface area (Å²) < 4.78 is 0. The van der Waals surface area contributed by atoms with Gasteiger partial charge in [0, 0.05) is 5.88 Å². The summed E-state index contributed by atoms with van der Waals surface area (Å²) in [6.45, 7) is 6.88. The Bertz CT molecular complexity index is 106. The number of halogens is 1. The van der Waals surface area contributed by atoms with Gasteiger partial charge in [-0.15, -0.1) is 11.6 Å². The van der Waals surface area contributed by atoms with Crippen LogP contribution in [0.5, 0.6) is 0 Å². The first-order chi connectivity index (χ1) is 6.85. The van der Waals surface area contributed by atoms with Crippen LogP contribution in [0, 0.1) is 5.92 Å². The van der Waals surface area contributed by atoms with E-state index in [1.807, 2.05) is 0 Å². The Hall–Kier alpha value is 0.250. The average molecular weight is 220 g/mol. The lowest BCUT2D eigenvalue weighted by Gasteiger charge is -2.14. The molecule has 0 heterocycles. The third kappa shape index (κ3) is 8.83. The fourth-order valence-corrected chi connectivity index (χ4v) is 1.78. The van der Waals surface area contributed by atoms with Crippen LogP contribution in [0.4, 0.5) is 0 Å². The van der Waals surface area contributed by atoms with Crippen molar-refractivity contribution < 1.29 is 0 Å². The summed E-state index contributed by atoms with van der Waals surface area (Å²) >= 11 is 5.61. The molecule has 0 aliphatic heterocycles. The maximum absolute atomic E-state index is 5.61. The second kappa shape index (κ2) is 11.3. The molecule has 1 N–H and O–H groups in total. The lowest BCUT2D eigenvalue weighted by Crippen LogP contribution is -2.23. The molecule has 14 heavy (non-hydrogen) atoms. The van der Waals surface area contributed by atoms with Gasteiger partial charge in [-0.05, 0) is 38.3 Å². The Kier molecular flexibility index (Phi) is 11.5. The zero-order valence-corrected chi connectivity index (χ0v) is 10.6. The van der Waals surface area contributed by atoms with Crippen LogP contribution in [0.1, 0.15) is 52.4 Å². The molecule has 0 fully saturated rings. The van der Waals surface area contributed by atoms with Crippen LogP contribution >= 0.6 is 11.6 Å². The monoisotopic (exact) mass is 219 g/mol. The summed E-state index contributed by atoms with van der Waals surface area (Å²) in [5, 5.41) is 3.52. The van der Waals surface area contributed by atoms with E-state index in [4.69, 9.17) is 11.6 Å². The summed E-state index contributed by atoms with van der Waals surface area (Å²) in [5.41, 5.74) is 0. The smallest absolute Gasteiger partial charge is 0.0223 e. The van der Waals surface area contributed by atoms with E-state index < -0.39 is 0 Å². The topological polar surface area (TPSA) is 12.0 Å². The molecule has 0 spiro atoms. The molecule has 1 atom stereocenters. The van der Waals surface area contributed by atoms with Gasteiger partial charge in [0.2, 0.25) is 0 Å². The minimum Gasteiger partial charge on any atom is -0.316 e. The van der Waals surface area contributed by atoms with E-state index in [9.17, 15) is 0 Å². The van der Waals surface area contributed by atoms with Crippen molar-refractivity contribution in [2.75, 3.05) is 19.0 Å². The summed E-state index contributed by atoms with van der Waals surface area (Å²) in [5.74, 6) is 1.68. The van der Waals surface area contributed by atoms with Gasteiger partial charge in [0.05, 0.1) is 0 Å². The largest absolute Gasteiger partial charge is 0.316 e. The molecule has 1 nitrogen and oxygen atoms in total. The van der Waals surface area contributed by atoms with Gasteiger partial charge in [-0.3, -0.25) is 0 Å². The number of unbranched alkanes of at least 4 members (excludes halogenated alkanes) is 2. The molecule has 0 aromatic carbocycles. The molecule has 0 bridgehead atoms. The molecule has 0 saturated carbocycles. The highest BCUT2D eigenvalue weighted by atomic mass is 35.5. The van der Waals surface area contributed by atoms with Crippen LogP contribution < -0.4 is 5.32 Å². The van der Waals surface area contributed by atoms with E-state index in [2.05, 4.69) is 19.2 Å². The van der Waals surface area contributed by atoms with Crippen molar-refractivity contribution in [1.29, 1.82) is 0 Å². The highest BCUT2D eigenvalue weighted by molar-refractivity contribution is 6.17. The van der Waals surface area contributed by atoms with Crippen molar-refractivity contribution in [2.45, 2.75) is 52.4 Å². The van der Waals surface area contributed by atoms with Crippen LogP contribution in [0.2, 0.25) is 0 Å². The maximum atomic E-state index is 5.61. The van der Waals surface area contributed by atoms with Gasteiger partial charge < -0.3 is 5.32 Å². The van der Waals surface area contributed by atoms with Crippen molar-refractivity contribution in [2.24, 2.45) is 5.92 Å². The average Bonchev–Trinajstić information content (AvgIpc) is 2.22. The van der Waals surface area contributed by atoms with E-state index in [0.717, 1.165) is 24.8 Å². The first-order valence-corrected chi connectivity index (χ1v) is 6.65. The second-order valence-corrected chi connectivity index (χ2v) is 4.39. The zero-order valence-electron chi connectivity index (χ0n) is 9.82. The molecule has 0 aliphatic rings. The third-order valence-corrected chi connectivity index (χ3v) is 2.98. The van der Waals surface area contributed by atoms with Crippen LogP contribution in [-0.4, -0.2) is 19.0 Å². The Morgan fingerprint density at radius 2 is 1.93 bits per heavy atom. The van der Waals surface area contributed by atoms with Crippen LogP contribution in [0.3, 0.4) is 0 Å². The minimum absolute atomic E-state index is 0.800. The number of hydrogen-bond donors (Lipinski definition) is 1. The molecule has 0 aliphatic carbocycles. The molecule has 0 rings (SSSR count). The van der Waals surface area contributed by atoms with E-state index in [1.54, 1.807) is 0 Å². The SMILES string of the molecule is CCCCC(CC)CNCCCCCl. The predicted octanol–water partition coefficient (Wildman–Crippen LogP) is 3.81. The van der Waals surface area contributed by atoms with Crippen molar-refractivity contribution in [3.8, 4) is 0 Å². The molecule has 2 heteroatoms. The number of rotatable bonds is 10. The lowest BCUT2D eigenvalue weighted by atomic mass is 9.99. The molecule has 0 aromatic rings. The quantitative estimate of drug-likeness (QED) is 0.435. The fourth-order valence-electron chi connectivity index (χ4n) is 1.59. The molecule has 0 saturated heterocycles. The molecular weight excluding hydrogens is 194 g/mol. The number of hydrogen-bond acceptors (Lipinski definition) is 1. The Balaban J connectivity index is 3.24. The molecule has 0 aromatic heterocycles. The van der Waals surface area contributed by atoms with E-state index in [-0.39, 0.29) is 0 Å². The van der Waals surface area contributed by atoms with Crippen molar-refractivity contribution >= 4 is 11.6 Å². The minimum atomic E-state index is 0.800. The number of alkyl halides is 1. The molecule has 86 valence electrons. The highest BCUT2D eigenvalue weighted by Crippen LogP contribution is 2.11. The van der Waals surface area contributed by atoms with Gasteiger partial charge >= 0.3 is 0 Å². The Labute approximate surface area is 94.6 Å². The van der Waals surface area contributed by atoms with Gasteiger partial charge in [-0.2, -0.15) is 0 Å². The van der Waals surface area contributed by atoms with Gasteiger partial charge in [-0.1, -0.05) is 33.1 Å². The summed E-state index contributed by atoms with van der Waals surface area (Å²) in [7, 11) is 0.